The number of fused-ring (bicyclic) bond motifs is 1. The lowest BCUT2D eigenvalue weighted by atomic mass is 10.2. The number of nitrogens with one attached hydrogen (secondary N) is 3. The van der Waals surface area contributed by atoms with Crippen LogP contribution in [0.25, 0.3) is 22.6 Å². The summed E-state index contributed by atoms with van der Waals surface area (Å²) in [7, 11) is 0. The highest BCUT2D eigenvalue weighted by Gasteiger charge is 2.49. The van der Waals surface area contributed by atoms with Gasteiger partial charge in [0.05, 0.1) is 41.6 Å². The van der Waals surface area contributed by atoms with Gasteiger partial charge in [-0.1, -0.05) is 6.92 Å². The molecule has 9 nitrogen and oxygen atoms in total. The van der Waals surface area contributed by atoms with Gasteiger partial charge in [-0.2, -0.15) is 5.10 Å². The second-order valence-corrected chi connectivity index (χ2v) is 6.59. The Labute approximate surface area is 149 Å². The molecule has 0 unspecified atom stereocenters. The molecule has 3 heterocycles. The summed E-state index contributed by atoms with van der Waals surface area (Å²) in [6, 6.07) is 3.48. The summed E-state index contributed by atoms with van der Waals surface area (Å²) in [6.45, 7) is 2.59. The highest BCUT2D eigenvalue weighted by molar-refractivity contribution is 5.94. The van der Waals surface area contributed by atoms with E-state index in [4.69, 9.17) is 0 Å². The first-order valence-electron chi connectivity index (χ1n) is 8.70. The van der Waals surface area contributed by atoms with Gasteiger partial charge in [-0.05, 0) is 31.4 Å². The molecular weight excluding hydrogens is 334 g/mol. The van der Waals surface area contributed by atoms with Crippen LogP contribution >= 0.6 is 0 Å². The smallest absolute Gasteiger partial charge is 0.322 e. The van der Waals surface area contributed by atoms with Crippen LogP contribution in [0.5, 0.6) is 0 Å². The number of H-pyrrole nitrogens is 2. The van der Waals surface area contributed by atoms with Crippen LogP contribution in [0.3, 0.4) is 0 Å². The Bertz CT molecular complexity index is 928. The average Bonchev–Trinajstić information content (AvgIpc) is 3.07. The zero-order valence-electron chi connectivity index (χ0n) is 14.5. The molecule has 3 aromatic rings. The van der Waals surface area contributed by atoms with Gasteiger partial charge in [-0.3, -0.25) is 5.10 Å². The molecule has 0 aliphatic heterocycles. The molecule has 0 saturated heterocycles. The van der Waals surface area contributed by atoms with E-state index in [1.54, 1.807) is 17.4 Å². The van der Waals surface area contributed by atoms with E-state index in [0.29, 0.717) is 29.3 Å². The molecule has 1 aliphatic rings. The fraction of sp³-hybridized carbons (Fsp3) is 0.412. The van der Waals surface area contributed by atoms with E-state index in [1.165, 1.54) is 0 Å². The van der Waals surface area contributed by atoms with Gasteiger partial charge >= 0.3 is 6.03 Å². The third-order valence-electron chi connectivity index (χ3n) is 4.81. The van der Waals surface area contributed by atoms with Crippen molar-refractivity contribution in [1.82, 2.24) is 30.0 Å². The highest BCUT2D eigenvalue weighted by atomic mass is 16.3. The zero-order valence-corrected chi connectivity index (χ0v) is 14.5. The Kier molecular flexibility index (Phi) is 4.08. The maximum Gasteiger partial charge on any atom is 0.322 e. The zero-order chi connectivity index (χ0) is 18.1. The Morgan fingerprint density at radius 3 is 3.00 bits per heavy atom. The van der Waals surface area contributed by atoms with Crippen LogP contribution in [0, 0.1) is 0 Å². The normalized spacial score (nSPS) is 15.2. The van der Waals surface area contributed by atoms with E-state index < -0.39 is 5.54 Å². The highest BCUT2D eigenvalue weighted by Crippen LogP contribution is 2.41. The third kappa shape index (κ3) is 2.80. The third-order valence-corrected chi connectivity index (χ3v) is 4.81. The van der Waals surface area contributed by atoms with Crippen molar-refractivity contribution in [1.29, 1.82) is 0 Å². The maximum atomic E-state index is 12.8. The van der Waals surface area contributed by atoms with E-state index >= 15 is 0 Å². The lowest BCUT2D eigenvalue weighted by molar-refractivity contribution is 0.128. The molecule has 1 saturated carbocycles. The SMILES string of the molecule is CCCN(C(=O)Nc1cn[nH]c1-c1ccc2[nH]cnc2n1)C1(CO)CC1. The number of anilines is 1. The van der Waals surface area contributed by atoms with Crippen molar-refractivity contribution in [2.45, 2.75) is 31.7 Å². The van der Waals surface area contributed by atoms with Crippen LogP contribution in [-0.4, -0.2) is 59.9 Å². The number of carbonyl (C=O) groups is 1. The number of hydrogen-bond acceptors (Lipinski definition) is 5. The minimum absolute atomic E-state index is 0.0178. The van der Waals surface area contributed by atoms with E-state index in [9.17, 15) is 9.90 Å². The summed E-state index contributed by atoms with van der Waals surface area (Å²) < 4.78 is 0. The van der Waals surface area contributed by atoms with Crippen LogP contribution in [0.4, 0.5) is 10.5 Å². The van der Waals surface area contributed by atoms with Crippen LogP contribution in [0.15, 0.2) is 24.7 Å². The second kappa shape index (κ2) is 6.41. The Hall–Kier alpha value is -2.94. The molecule has 1 aliphatic carbocycles. The van der Waals surface area contributed by atoms with Crippen molar-refractivity contribution < 1.29 is 9.90 Å². The summed E-state index contributed by atoms with van der Waals surface area (Å²) >= 11 is 0. The number of urea groups is 1. The number of aromatic amines is 2. The van der Waals surface area contributed by atoms with E-state index in [1.807, 2.05) is 19.1 Å². The molecule has 136 valence electrons. The van der Waals surface area contributed by atoms with Crippen molar-refractivity contribution in [2.75, 3.05) is 18.5 Å². The number of hydrogen-bond donors (Lipinski definition) is 4. The molecule has 4 N–H and O–H groups in total. The number of carbonyl (C=O) groups excluding carboxylic acids is 1. The van der Waals surface area contributed by atoms with Crippen LogP contribution in [0.1, 0.15) is 26.2 Å². The van der Waals surface area contributed by atoms with Crippen LogP contribution in [0.2, 0.25) is 0 Å². The van der Waals surface area contributed by atoms with Crippen LogP contribution < -0.4 is 5.32 Å². The van der Waals surface area contributed by atoms with Crippen molar-refractivity contribution in [3.8, 4) is 11.4 Å². The van der Waals surface area contributed by atoms with Gasteiger partial charge in [-0.15, -0.1) is 0 Å². The predicted molar refractivity (Wildman–Crippen MR) is 96.5 cm³/mol. The predicted octanol–water partition coefficient (Wildman–Crippen LogP) is 2.12. The fourth-order valence-electron chi connectivity index (χ4n) is 3.16. The van der Waals surface area contributed by atoms with E-state index in [0.717, 1.165) is 24.8 Å². The Balaban J connectivity index is 1.59. The second-order valence-electron chi connectivity index (χ2n) is 6.59. The lowest BCUT2D eigenvalue weighted by Gasteiger charge is -2.30. The van der Waals surface area contributed by atoms with Crippen LogP contribution in [-0.2, 0) is 0 Å². The summed E-state index contributed by atoms with van der Waals surface area (Å²) in [5, 5.41) is 19.5. The largest absolute Gasteiger partial charge is 0.394 e. The molecule has 4 rings (SSSR count). The number of nitrogens with zero attached hydrogens (tertiary/aromatic N) is 4. The molecule has 0 spiro atoms. The van der Waals surface area contributed by atoms with Gasteiger partial charge in [0, 0.05) is 6.54 Å². The summed E-state index contributed by atoms with van der Waals surface area (Å²) in [5.74, 6) is 0. The Morgan fingerprint density at radius 2 is 2.27 bits per heavy atom. The first-order chi connectivity index (χ1) is 12.7. The van der Waals surface area contributed by atoms with Gasteiger partial charge in [0.1, 0.15) is 5.69 Å². The first kappa shape index (κ1) is 16.5. The topological polar surface area (TPSA) is 123 Å². The molecule has 2 amide bonds. The number of aliphatic hydroxyl groups is 1. The van der Waals surface area contributed by atoms with E-state index in [2.05, 4.69) is 30.5 Å². The van der Waals surface area contributed by atoms with Crippen molar-refractivity contribution >= 4 is 22.9 Å². The van der Waals surface area contributed by atoms with Crippen molar-refractivity contribution in [3.05, 3.63) is 24.7 Å². The standard InChI is InChI=1S/C17H21N7O2/c1-2-7-24(17(9-25)5-6-17)16(26)22-13-8-20-23-14(13)11-3-4-12-15(21-11)19-10-18-12/h3-4,8,10,25H,2,5-7,9H2,1H3,(H,20,23)(H,22,26)(H,18,19,21). The van der Waals surface area contributed by atoms with E-state index in [-0.39, 0.29) is 12.6 Å². The van der Waals surface area contributed by atoms with Gasteiger partial charge in [0.2, 0.25) is 0 Å². The minimum Gasteiger partial charge on any atom is -0.394 e. The molecule has 9 heteroatoms. The first-order valence-corrected chi connectivity index (χ1v) is 8.70. The molecule has 0 aromatic carbocycles. The molecular formula is C17H21N7O2. The lowest BCUT2D eigenvalue weighted by Crippen LogP contribution is -2.47. The minimum atomic E-state index is -0.420. The molecule has 0 atom stereocenters. The van der Waals surface area contributed by atoms with Gasteiger partial charge in [-0.25, -0.2) is 14.8 Å². The fourth-order valence-corrected chi connectivity index (χ4v) is 3.16. The maximum absolute atomic E-state index is 12.8. The molecule has 3 aromatic heterocycles. The summed E-state index contributed by atoms with van der Waals surface area (Å²) in [5.41, 5.74) is 2.82. The molecule has 0 radical (unpaired) electrons. The number of imidazole rings is 1. The summed E-state index contributed by atoms with van der Waals surface area (Å²) in [6.07, 6.45) is 5.62. The molecule has 1 fully saturated rings. The number of rotatable bonds is 6. The van der Waals surface area contributed by atoms with Gasteiger partial charge < -0.3 is 20.3 Å². The number of aromatic nitrogens is 5. The monoisotopic (exact) mass is 355 g/mol. The van der Waals surface area contributed by atoms with Crippen molar-refractivity contribution in [3.63, 3.8) is 0 Å². The summed E-state index contributed by atoms with van der Waals surface area (Å²) in [4.78, 5) is 26.2. The van der Waals surface area contributed by atoms with Gasteiger partial charge in [0.15, 0.2) is 5.65 Å². The number of amides is 2. The average molecular weight is 355 g/mol. The van der Waals surface area contributed by atoms with Gasteiger partial charge in [0.25, 0.3) is 0 Å². The number of aliphatic hydroxyl groups excluding tert-OH is 1. The van der Waals surface area contributed by atoms with Crippen molar-refractivity contribution in [2.24, 2.45) is 0 Å². The quantitative estimate of drug-likeness (QED) is 0.539. The molecule has 26 heavy (non-hydrogen) atoms. The molecule has 0 bridgehead atoms. The number of pyridine rings is 1. The Morgan fingerprint density at radius 1 is 1.42 bits per heavy atom.